The molecule has 0 spiro atoms. The molecule has 1 aliphatic carbocycles. The summed E-state index contributed by atoms with van der Waals surface area (Å²) in [5.41, 5.74) is -1.76. The van der Waals surface area contributed by atoms with E-state index in [0.717, 1.165) is 25.0 Å². The summed E-state index contributed by atoms with van der Waals surface area (Å²) in [4.78, 5) is -0.351. The molecule has 1 aromatic rings. The molecule has 0 radical (unpaired) electrons. The maximum Gasteiger partial charge on any atom is 0.417 e. The number of nitrogens with zero attached hydrogens (tertiary/aromatic N) is 1. The molecule has 2 rings (SSSR count). The minimum Gasteiger partial charge on any atom is -0.223 e. The molecule has 0 aromatic heterocycles. The van der Waals surface area contributed by atoms with Crippen LogP contribution >= 0.6 is 0 Å². The van der Waals surface area contributed by atoms with Gasteiger partial charge >= 0.3 is 6.18 Å². The van der Waals surface area contributed by atoms with Gasteiger partial charge in [-0.1, -0.05) is 12.8 Å². The zero-order valence-corrected chi connectivity index (χ0v) is 11.3. The van der Waals surface area contributed by atoms with E-state index in [4.69, 9.17) is 5.26 Å². The highest BCUT2D eigenvalue weighted by Crippen LogP contribution is 2.35. The lowest BCUT2D eigenvalue weighted by molar-refractivity contribution is -0.137. The van der Waals surface area contributed by atoms with Crippen molar-refractivity contribution < 1.29 is 21.6 Å². The van der Waals surface area contributed by atoms with Crippen molar-refractivity contribution in [2.75, 3.05) is 0 Å². The van der Waals surface area contributed by atoms with Crippen LogP contribution in [0.2, 0.25) is 0 Å². The normalized spacial score (nSPS) is 17.1. The van der Waals surface area contributed by atoms with Gasteiger partial charge in [-0.2, -0.15) is 18.4 Å². The second kappa shape index (κ2) is 5.09. The standard InChI is InChI=1S/C13H12F3NO2S/c14-13(15,16)12-7-11(6-5-9(12)8-17)20(18,19)10-3-1-2-4-10/h5-7,10H,1-4H2. The Hall–Kier alpha value is -1.55. The van der Waals surface area contributed by atoms with Gasteiger partial charge in [0.05, 0.1) is 27.3 Å². The van der Waals surface area contributed by atoms with Crippen LogP contribution in [0.1, 0.15) is 36.8 Å². The number of hydrogen-bond acceptors (Lipinski definition) is 3. The topological polar surface area (TPSA) is 57.9 Å². The van der Waals surface area contributed by atoms with Gasteiger partial charge in [-0.15, -0.1) is 0 Å². The van der Waals surface area contributed by atoms with E-state index in [0.29, 0.717) is 18.9 Å². The fourth-order valence-electron chi connectivity index (χ4n) is 2.42. The number of nitriles is 1. The third kappa shape index (κ3) is 2.66. The minimum absolute atomic E-state index is 0.351. The molecule has 20 heavy (non-hydrogen) atoms. The van der Waals surface area contributed by atoms with E-state index in [-0.39, 0.29) is 4.90 Å². The fourth-order valence-corrected chi connectivity index (χ4v) is 4.30. The molecule has 0 saturated heterocycles. The van der Waals surface area contributed by atoms with E-state index in [2.05, 4.69) is 0 Å². The van der Waals surface area contributed by atoms with Gasteiger partial charge < -0.3 is 0 Å². The second-order valence-electron chi connectivity index (χ2n) is 4.77. The quantitative estimate of drug-likeness (QED) is 0.842. The highest BCUT2D eigenvalue weighted by Gasteiger charge is 2.36. The Bertz CT molecular complexity index is 653. The molecule has 0 unspecified atom stereocenters. The monoisotopic (exact) mass is 303 g/mol. The SMILES string of the molecule is N#Cc1ccc(S(=O)(=O)C2CCCC2)cc1C(F)(F)F. The average Bonchev–Trinajstić information content (AvgIpc) is 2.91. The molecule has 3 nitrogen and oxygen atoms in total. The van der Waals surface area contributed by atoms with Crippen molar-refractivity contribution in [1.82, 2.24) is 0 Å². The number of halogens is 3. The maximum absolute atomic E-state index is 12.8. The zero-order chi connectivity index (χ0) is 15.0. The lowest BCUT2D eigenvalue weighted by atomic mass is 10.1. The molecule has 0 N–H and O–H groups in total. The van der Waals surface area contributed by atoms with Crippen LogP contribution in [0.5, 0.6) is 0 Å². The molecular weight excluding hydrogens is 291 g/mol. The maximum atomic E-state index is 12.8. The van der Waals surface area contributed by atoms with E-state index >= 15 is 0 Å². The average molecular weight is 303 g/mol. The highest BCUT2D eigenvalue weighted by atomic mass is 32.2. The molecule has 1 aromatic carbocycles. The first-order valence-electron chi connectivity index (χ1n) is 6.12. The van der Waals surface area contributed by atoms with Gasteiger partial charge in [0.1, 0.15) is 0 Å². The molecule has 1 fully saturated rings. The third-order valence-electron chi connectivity index (χ3n) is 3.49. The van der Waals surface area contributed by atoms with Crippen LogP contribution < -0.4 is 0 Å². The molecule has 0 bridgehead atoms. The summed E-state index contributed by atoms with van der Waals surface area (Å²) in [7, 11) is -3.76. The summed E-state index contributed by atoms with van der Waals surface area (Å²) in [6, 6.07) is 4.02. The predicted molar refractivity (Wildman–Crippen MR) is 65.6 cm³/mol. The third-order valence-corrected chi connectivity index (χ3v) is 5.75. The Labute approximate surface area is 114 Å². The van der Waals surface area contributed by atoms with Crippen molar-refractivity contribution in [3.63, 3.8) is 0 Å². The zero-order valence-electron chi connectivity index (χ0n) is 10.4. The molecule has 1 aliphatic rings. The van der Waals surface area contributed by atoms with Crippen molar-refractivity contribution in [3.05, 3.63) is 29.3 Å². The lowest BCUT2D eigenvalue weighted by Crippen LogP contribution is -2.19. The van der Waals surface area contributed by atoms with Crippen LogP contribution in [-0.2, 0) is 16.0 Å². The van der Waals surface area contributed by atoms with Gasteiger partial charge in [-0.3, -0.25) is 0 Å². The van der Waals surface area contributed by atoms with E-state index < -0.39 is 32.4 Å². The van der Waals surface area contributed by atoms with E-state index in [1.54, 1.807) is 0 Å². The Balaban J connectivity index is 2.52. The first-order chi connectivity index (χ1) is 9.26. The van der Waals surface area contributed by atoms with Crippen LogP contribution in [0.3, 0.4) is 0 Å². The smallest absolute Gasteiger partial charge is 0.223 e. The molecule has 7 heteroatoms. The van der Waals surface area contributed by atoms with Crippen LogP contribution in [-0.4, -0.2) is 13.7 Å². The van der Waals surface area contributed by atoms with Gasteiger partial charge in [0, 0.05) is 0 Å². The predicted octanol–water partition coefficient (Wildman–Crippen LogP) is 3.29. The minimum atomic E-state index is -4.74. The molecule has 0 amide bonds. The molecule has 108 valence electrons. The number of benzene rings is 1. The highest BCUT2D eigenvalue weighted by molar-refractivity contribution is 7.92. The first kappa shape index (κ1) is 14.9. The van der Waals surface area contributed by atoms with Gasteiger partial charge in [-0.05, 0) is 31.0 Å². The molecule has 0 aliphatic heterocycles. The molecule has 0 heterocycles. The van der Waals surface area contributed by atoms with Crippen molar-refractivity contribution in [2.24, 2.45) is 0 Å². The van der Waals surface area contributed by atoms with Crippen molar-refractivity contribution in [3.8, 4) is 6.07 Å². The summed E-state index contributed by atoms with van der Waals surface area (Å²) >= 11 is 0. The lowest BCUT2D eigenvalue weighted by Gasteiger charge is -2.14. The summed E-state index contributed by atoms with van der Waals surface area (Å²) in [6.07, 6.45) is -2.25. The molecule has 0 atom stereocenters. The van der Waals surface area contributed by atoms with E-state index in [1.807, 2.05) is 0 Å². The van der Waals surface area contributed by atoms with Gasteiger partial charge in [0.2, 0.25) is 0 Å². The first-order valence-corrected chi connectivity index (χ1v) is 7.66. The second-order valence-corrected chi connectivity index (χ2v) is 7.00. The van der Waals surface area contributed by atoms with Crippen molar-refractivity contribution >= 4 is 9.84 Å². The number of sulfone groups is 1. The fraction of sp³-hybridized carbons (Fsp3) is 0.462. The van der Waals surface area contributed by atoms with Gasteiger partial charge in [0.25, 0.3) is 0 Å². The summed E-state index contributed by atoms with van der Waals surface area (Å²) in [5.74, 6) is 0. The van der Waals surface area contributed by atoms with Crippen LogP contribution in [0.4, 0.5) is 13.2 Å². The summed E-state index contributed by atoms with van der Waals surface area (Å²) < 4.78 is 63.0. The van der Waals surface area contributed by atoms with Gasteiger partial charge in [0.15, 0.2) is 9.84 Å². The van der Waals surface area contributed by atoms with Crippen LogP contribution in [0.15, 0.2) is 23.1 Å². The molecule has 1 saturated carbocycles. The number of alkyl halides is 3. The Kier molecular flexibility index (Phi) is 3.78. The largest absolute Gasteiger partial charge is 0.417 e. The number of hydrogen-bond donors (Lipinski definition) is 0. The van der Waals surface area contributed by atoms with Crippen LogP contribution in [0, 0.1) is 11.3 Å². The Morgan fingerprint density at radius 1 is 1.20 bits per heavy atom. The number of rotatable bonds is 2. The summed E-state index contributed by atoms with van der Waals surface area (Å²) in [6.45, 7) is 0. The van der Waals surface area contributed by atoms with Crippen molar-refractivity contribution in [1.29, 1.82) is 5.26 Å². The molecular formula is C13H12F3NO2S. The summed E-state index contributed by atoms with van der Waals surface area (Å²) in [5, 5.41) is 8.07. The van der Waals surface area contributed by atoms with E-state index in [9.17, 15) is 21.6 Å². The van der Waals surface area contributed by atoms with Crippen molar-refractivity contribution in [2.45, 2.75) is 42.0 Å². The Morgan fingerprint density at radius 3 is 2.30 bits per heavy atom. The van der Waals surface area contributed by atoms with Gasteiger partial charge in [-0.25, -0.2) is 8.42 Å². The Morgan fingerprint density at radius 2 is 1.80 bits per heavy atom. The van der Waals surface area contributed by atoms with E-state index in [1.165, 1.54) is 6.07 Å². The van der Waals surface area contributed by atoms with Crippen LogP contribution in [0.25, 0.3) is 0 Å².